The second-order valence-corrected chi connectivity index (χ2v) is 9.79. The number of nitrogens with one attached hydrogen (secondary N) is 1. The van der Waals surface area contributed by atoms with Crippen LogP contribution in [0.25, 0.3) is 10.8 Å². The number of halogens is 1. The van der Waals surface area contributed by atoms with Crippen LogP contribution in [0, 0.1) is 5.82 Å². The maximum atomic E-state index is 13.5. The van der Waals surface area contributed by atoms with E-state index in [2.05, 4.69) is 51.1 Å². The maximum Gasteiger partial charge on any atom is 0.250 e. The van der Waals surface area contributed by atoms with Gasteiger partial charge in [0.1, 0.15) is 5.82 Å². The van der Waals surface area contributed by atoms with E-state index >= 15 is 0 Å². The van der Waals surface area contributed by atoms with Crippen molar-refractivity contribution in [2.75, 3.05) is 5.75 Å². The summed E-state index contributed by atoms with van der Waals surface area (Å²) in [6.45, 7) is 0. The van der Waals surface area contributed by atoms with Gasteiger partial charge in [0.15, 0.2) is 8.68 Å². The first kappa shape index (κ1) is 21.5. The van der Waals surface area contributed by atoms with Crippen molar-refractivity contribution >= 4 is 57.8 Å². The smallest absolute Gasteiger partial charge is 0.250 e. The van der Waals surface area contributed by atoms with E-state index in [0.717, 1.165) is 10.1 Å². The molecule has 156 valence electrons. The predicted octanol–water partition coefficient (Wildman–Crippen LogP) is 5.37. The van der Waals surface area contributed by atoms with E-state index < -0.39 is 5.82 Å². The SMILES string of the molecule is O=C(CSc1nnc(SCc2cccc3ccccc23)s1)N/N=C/c1ccccc1F. The molecule has 31 heavy (non-hydrogen) atoms. The topological polar surface area (TPSA) is 67.2 Å². The normalized spacial score (nSPS) is 11.3. The Morgan fingerprint density at radius 2 is 1.74 bits per heavy atom. The molecule has 0 saturated heterocycles. The lowest BCUT2D eigenvalue weighted by atomic mass is 10.1. The lowest BCUT2D eigenvalue weighted by molar-refractivity contribution is -0.118. The van der Waals surface area contributed by atoms with Crippen LogP contribution in [-0.4, -0.2) is 28.1 Å². The van der Waals surface area contributed by atoms with Crippen LogP contribution in [0.5, 0.6) is 0 Å². The zero-order valence-electron chi connectivity index (χ0n) is 16.2. The van der Waals surface area contributed by atoms with Gasteiger partial charge in [-0.1, -0.05) is 95.5 Å². The molecule has 1 aromatic heterocycles. The molecule has 0 aliphatic rings. The summed E-state index contributed by atoms with van der Waals surface area (Å²) < 4.78 is 15.1. The second-order valence-electron chi connectivity index (χ2n) is 6.36. The standard InChI is InChI=1S/C22H17FN4OS3/c23-19-11-4-2-7-16(19)12-24-25-20(28)14-30-22-27-26-21(31-22)29-13-17-9-5-8-15-6-1-3-10-18(15)17/h1-12H,13-14H2,(H,25,28)/b24-12+. The van der Waals surface area contributed by atoms with Crippen LogP contribution in [-0.2, 0) is 10.5 Å². The summed E-state index contributed by atoms with van der Waals surface area (Å²) in [6.07, 6.45) is 1.28. The number of hydrogen-bond acceptors (Lipinski definition) is 7. The van der Waals surface area contributed by atoms with Crippen LogP contribution < -0.4 is 5.43 Å². The van der Waals surface area contributed by atoms with Crippen molar-refractivity contribution in [2.45, 2.75) is 14.4 Å². The molecule has 5 nitrogen and oxygen atoms in total. The third-order valence-electron chi connectivity index (χ3n) is 4.24. The minimum Gasteiger partial charge on any atom is -0.272 e. The molecule has 0 aliphatic carbocycles. The van der Waals surface area contributed by atoms with Gasteiger partial charge in [-0.05, 0) is 22.4 Å². The highest BCUT2D eigenvalue weighted by Gasteiger charge is 2.09. The first-order chi connectivity index (χ1) is 15.2. The molecule has 4 aromatic rings. The van der Waals surface area contributed by atoms with E-state index in [4.69, 9.17) is 0 Å². The fourth-order valence-corrected chi connectivity index (χ4v) is 5.60. The number of carbonyl (C=O) groups excluding carboxylic acids is 1. The van der Waals surface area contributed by atoms with Crippen LogP contribution in [0.3, 0.4) is 0 Å². The van der Waals surface area contributed by atoms with Gasteiger partial charge in [0.25, 0.3) is 5.91 Å². The monoisotopic (exact) mass is 468 g/mol. The third-order valence-corrected chi connectivity index (χ3v) is 7.48. The lowest BCUT2D eigenvalue weighted by Crippen LogP contribution is -2.19. The van der Waals surface area contributed by atoms with E-state index in [1.807, 2.05) is 12.1 Å². The van der Waals surface area contributed by atoms with Crippen molar-refractivity contribution in [1.82, 2.24) is 15.6 Å². The van der Waals surface area contributed by atoms with Crippen molar-refractivity contribution in [3.8, 4) is 0 Å². The van der Waals surface area contributed by atoms with Crippen LogP contribution in [0.1, 0.15) is 11.1 Å². The number of benzene rings is 3. The predicted molar refractivity (Wildman–Crippen MR) is 126 cm³/mol. The molecular formula is C22H17FN4OS3. The Morgan fingerprint density at radius 1 is 1.00 bits per heavy atom. The van der Waals surface area contributed by atoms with Gasteiger partial charge in [-0.15, -0.1) is 10.2 Å². The Kier molecular flexibility index (Phi) is 7.29. The Morgan fingerprint density at radius 3 is 2.61 bits per heavy atom. The number of nitrogens with zero attached hydrogens (tertiary/aromatic N) is 3. The summed E-state index contributed by atoms with van der Waals surface area (Å²) in [6, 6.07) is 20.8. The summed E-state index contributed by atoms with van der Waals surface area (Å²) in [7, 11) is 0. The molecule has 0 atom stereocenters. The van der Waals surface area contributed by atoms with Crippen LogP contribution in [0.15, 0.2) is 80.5 Å². The minimum atomic E-state index is -0.391. The largest absolute Gasteiger partial charge is 0.272 e. The molecule has 9 heteroatoms. The molecular weight excluding hydrogens is 451 g/mol. The molecule has 3 aromatic carbocycles. The van der Waals surface area contributed by atoms with Crippen molar-refractivity contribution < 1.29 is 9.18 Å². The summed E-state index contributed by atoms with van der Waals surface area (Å²) >= 11 is 4.38. The van der Waals surface area contributed by atoms with Gasteiger partial charge < -0.3 is 0 Å². The van der Waals surface area contributed by atoms with Crippen LogP contribution >= 0.6 is 34.9 Å². The van der Waals surface area contributed by atoms with Gasteiger partial charge in [0.05, 0.1) is 12.0 Å². The Labute approximate surface area is 191 Å². The number of hydrogen-bond donors (Lipinski definition) is 1. The first-order valence-electron chi connectivity index (χ1n) is 9.31. The fourth-order valence-electron chi connectivity index (χ4n) is 2.78. The average molecular weight is 469 g/mol. The Bertz CT molecular complexity index is 1220. The summed E-state index contributed by atoms with van der Waals surface area (Å²) in [5.41, 5.74) is 3.96. The molecule has 0 saturated carbocycles. The number of rotatable bonds is 8. The molecule has 0 aliphatic heterocycles. The second kappa shape index (κ2) is 10.5. The maximum absolute atomic E-state index is 13.5. The molecule has 0 spiro atoms. The highest BCUT2D eigenvalue weighted by molar-refractivity contribution is 8.03. The molecule has 0 bridgehead atoms. The van der Waals surface area contributed by atoms with Crippen LogP contribution in [0.4, 0.5) is 4.39 Å². The number of amides is 1. The fraction of sp³-hybridized carbons (Fsp3) is 0.0909. The Hall–Kier alpha value is -2.75. The first-order valence-corrected chi connectivity index (χ1v) is 12.1. The number of carbonyl (C=O) groups is 1. The number of fused-ring (bicyclic) bond motifs is 1. The van der Waals surface area contributed by atoms with Gasteiger partial charge in [-0.2, -0.15) is 5.10 Å². The van der Waals surface area contributed by atoms with Crippen molar-refractivity contribution in [3.63, 3.8) is 0 Å². The van der Waals surface area contributed by atoms with Crippen molar-refractivity contribution in [3.05, 3.63) is 83.7 Å². The molecule has 0 radical (unpaired) electrons. The molecule has 1 heterocycles. The molecule has 1 amide bonds. The molecule has 0 unspecified atom stereocenters. The van der Waals surface area contributed by atoms with E-state index in [1.54, 1.807) is 30.0 Å². The quantitative estimate of drug-likeness (QED) is 0.214. The molecule has 4 rings (SSSR count). The van der Waals surface area contributed by atoms with Crippen molar-refractivity contribution in [1.29, 1.82) is 0 Å². The number of aromatic nitrogens is 2. The number of hydrazone groups is 1. The highest BCUT2D eigenvalue weighted by Crippen LogP contribution is 2.32. The average Bonchev–Trinajstić information content (AvgIpc) is 3.25. The van der Waals surface area contributed by atoms with Crippen LogP contribution in [0.2, 0.25) is 0 Å². The Balaban J connectivity index is 1.26. The van der Waals surface area contributed by atoms with E-state index in [-0.39, 0.29) is 11.7 Å². The summed E-state index contributed by atoms with van der Waals surface area (Å²) in [4.78, 5) is 11.9. The van der Waals surface area contributed by atoms with Gasteiger partial charge in [-0.25, -0.2) is 9.82 Å². The van der Waals surface area contributed by atoms with Gasteiger partial charge in [0, 0.05) is 11.3 Å². The third kappa shape index (κ3) is 5.90. The van der Waals surface area contributed by atoms with Gasteiger partial charge >= 0.3 is 0 Å². The van der Waals surface area contributed by atoms with Gasteiger partial charge in [-0.3, -0.25) is 4.79 Å². The summed E-state index contributed by atoms with van der Waals surface area (Å²) in [5, 5.41) is 14.6. The zero-order chi connectivity index (χ0) is 21.5. The highest BCUT2D eigenvalue weighted by atomic mass is 32.2. The lowest BCUT2D eigenvalue weighted by Gasteiger charge is -2.04. The van der Waals surface area contributed by atoms with Gasteiger partial charge in [0.2, 0.25) is 0 Å². The number of thioether (sulfide) groups is 2. The van der Waals surface area contributed by atoms with E-state index in [1.165, 1.54) is 51.7 Å². The van der Waals surface area contributed by atoms with E-state index in [9.17, 15) is 9.18 Å². The molecule has 0 fully saturated rings. The van der Waals surface area contributed by atoms with E-state index in [0.29, 0.717) is 9.90 Å². The zero-order valence-corrected chi connectivity index (χ0v) is 18.6. The minimum absolute atomic E-state index is 0.150. The summed E-state index contributed by atoms with van der Waals surface area (Å²) in [5.74, 6) is 0.262. The van der Waals surface area contributed by atoms with Crippen molar-refractivity contribution in [2.24, 2.45) is 5.10 Å². The molecule has 1 N–H and O–H groups in total.